The summed E-state index contributed by atoms with van der Waals surface area (Å²) < 4.78 is 74.4. The standard InChI is InChI=1S/C8H4BrClF6S/c9-4(5-3(10)1-2-17-5)6(7(11,12)13)8(14,15)16/h1-2,4,6H. The summed E-state index contributed by atoms with van der Waals surface area (Å²) in [5, 5.41) is 1.21. The van der Waals surface area contributed by atoms with Crippen LogP contribution in [0.4, 0.5) is 26.3 Å². The lowest BCUT2D eigenvalue weighted by Crippen LogP contribution is -2.39. The summed E-state index contributed by atoms with van der Waals surface area (Å²) in [5.74, 6) is -3.48. The minimum absolute atomic E-state index is 0.115. The van der Waals surface area contributed by atoms with Crippen molar-refractivity contribution < 1.29 is 26.3 Å². The van der Waals surface area contributed by atoms with Gasteiger partial charge in [0.05, 0.1) is 9.85 Å². The highest BCUT2D eigenvalue weighted by Gasteiger charge is 2.60. The Morgan fingerprint density at radius 2 is 1.59 bits per heavy atom. The Bertz CT molecular complexity index is 370. The molecule has 0 spiro atoms. The van der Waals surface area contributed by atoms with Crippen molar-refractivity contribution >= 4 is 38.9 Å². The van der Waals surface area contributed by atoms with Crippen LogP contribution in [0.2, 0.25) is 5.02 Å². The minimum Gasteiger partial charge on any atom is -0.170 e. The zero-order valence-corrected chi connectivity index (χ0v) is 10.9. The predicted molar refractivity (Wildman–Crippen MR) is 56.6 cm³/mol. The van der Waals surface area contributed by atoms with Gasteiger partial charge in [-0.2, -0.15) is 26.3 Å². The van der Waals surface area contributed by atoms with Gasteiger partial charge in [0.1, 0.15) is 0 Å². The normalized spacial score (nSPS) is 15.4. The van der Waals surface area contributed by atoms with Crippen LogP contribution in [0.5, 0.6) is 0 Å². The van der Waals surface area contributed by atoms with Gasteiger partial charge in [0.2, 0.25) is 0 Å². The first-order valence-corrected chi connectivity index (χ1v) is 6.23. The lowest BCUT2D eigenvalue weighted by Gasteiger charge is -2.26. The molecule has 0 N–H and O–H groups in total. The first-order chi connectivity index (χ1) is 7.55. The fourth-order valence-electron chi connectivity index (χ4n) is 1.17. The van der Waals surface area contributed by atoms with Gasteiger partial charge in [-0.1, -0.05) is 27.5 Å². The molecule has 1 heterocycles. The summed E-state index contributed by atoms with van der Waals surface area (Å²) in [6.45, 7) is 0. The van der Waals surface area contributed by atoms with Gasteiger partial charge in [-0.3, -0.25) is 0 Å². The van der Waals surface area contributed by atoms with E-state index in [1.54, 1.807) is 0 Å². The molecule has 0 bridgehead atoms. The van der Waals surface area contributed by atoms with Gasteiger partial charge < -0.3 is 0 Å². The average Bonchev–Trinajstić information content (AvgIpc) is 2.45. The molecule has 1 rings (SSSR count). The molecular formula is C8H4BrClF6S. The second kappa shape index (κ2) is 4.97. The molecule has 0 saturated heterocycles. The van der Waals surface area contributed by atoms with Gasteiger partial charge >= 0.3 is 12.4 Å². The van der Waals surface area contributed by atoms with Gasteiger partial charge in [-0.15, -0.1) is 11.3 Å². The summed E-state index contributed by atoms with van der Waals surface area (Å²) in [4.78, 5) is -2.12. The second-order valence-electron chi connectivity index (χ2n) is 3.10. The Hall–Kier alpha value is 0.0500. The Labute approximate surface area is 110 Å². The van der Waals surface area contributed by atoms with E-state index in [1.165, 1.54) is 11.4 Å². The molecule has 1 unspecified atom stereocenters. The molecule has 0 radical (unpaired) electrons. The van der Waals surface area contributed by atoms with Crippen molar-refractivity contribution in [1.82, 2.24) is 0 Å². The largest absolute Gasteiger partial charge is 0.401 e. The summed E-state index contributed by atoms with van der Waals surface area (Å²) in [6, 6.07) is 1.25. The third kappa shape index (κ3) is 3.51. The van der Waals surface area contributed by atoms with E-state index in [9.17, 15) is 26.3 Å². The number of thiophene rings is 1. The van der Waals surface area contributed by atoms with Crippen LogP contribution in [0.25, 0.3) is 0 Å². The van der Waals surface area contributed by atoms with Crippen LogP contribution in [0.15, 0.2) is 11.4 Å². The number of alkyl halides is 7. The zero-order valence-electron chi connectivity index (χ0n) is 7.74. The van der Waals surface area contributed by atoms with E-state index in [0.29, 0.717) is 0 Å². The fourth-order valence-corrected chi connectivity index (χ4v) is 3.66. The Morgan fingerprint density at radius 3 is 1.88 bits per heavy atom. The maximum atomic E-state index is 12.4. The van der Waals surface area contributed by atoms with Gasteiger partial charge in [-0.05, 0) is 11.4 Å². The number of rotatable bonds is 2. The third-order valence-corrected chi connectivity index (χ3v) is 4.62. The molecule has 0 saturated carbocycles. The van der Waals surface area contributed by atoms with Gasteiger partial charge in [-0.25, -0.2) is 0 Å². The quantitative estimate of drug-likeness (QED) is 0.477. The minimum atomic E-state index is -5.39. The summed E-state index contributed by atoms with van der Waals surface area (Å²) in [5.41, 5.74) is 0. The number of halogens is 8. The van der Waals surface area contributed by atoms with Crippen LogP contribution in [-0.4, -0.2) is 12.4 Å². The smallest absolute Gasteiger partial charge is 0.170 e. The molecule has 0 nitrogen and oxygen atoms in total. The SMILES string of the molecule is FC(F)(F)C(C(Br)c1sccc1Cl)C(F)(F)F. The van der Waals surface area contributed by atoms with Crippen LogP contribution in [-0.2, 0) is 0 Å². The number of hydrogen-bond donors (Lipinski definition) is 0. The van der Waals surface area contributed by atoms with E-state index in [-0.39, 0.29) is 9.90 Å². The molecular weight excluding hydrogens is 358 g/mol. The van der Waals surface area contributed by atoms with Crippen molar-refractivity contribution in [3.63, 3.8) is 0 Å². The molecule has 17 heavy (non-hydrogen) atoms. The Morgan fingerprint density at radius 1 is 1.12 bits per heavy atom. The van der Waals surface area contributed by atoms with Gasteiger partial charge in [0.25, 0.3) is 0 Å². The van der Waals surface area contributed by atoms with Crippen molar-refractivity contribution in [3.8, 4) is 0 Å². The van der Waals surface area contributed by atoms with E-state index in [4.69, 9.17) is 11.6 Å². The maximum absolute atomic E-state index is 12.4. The summed E-state index contributed by atoms with van der Waals surface area (Å²) in [7, 11) is 0. The van der Waals surface area contributed by atoms with Crippen molar-refractivity contribution in [3.05, 3.63) is 21.3 Å². The molecule has 0 aliphatic rings. The monoisotopic (exact) mass is 360 g/mol. The highest BCUT2D eigenvalue weighted by atomic mass is 79.9. The van der Waals surface area contributed by atoms with Crippen LogP contribution >= 0.6 is 38.9 Å². The molecule has 0 amide bonds. The first kappa shape index (κ1) is 15.1. The Balaban J connectivity index is 3.13. The molecule has 1 atom stereocenters. The third-order valence-electron chi connectivity index (χ3n) is 1.89. The van der Waals surface area contributed by atoms with Crippen molar-refractivity contribution in [2.75, 3.05) is 0 Å². The van der Waals surface area contributed by atoms with Gasteiger partial charge in [0.15, 0.2) is 5.92 Å². The maximum Gasteiger partial charge on any atom is 0.401 e. The van der Waals surface area contributed by atoms with E-state index in [1.807, 2.05) is 0 Å². The molecule has 1 aromatic heterocycles. The highest BCUT2D eigenvalue weighted by molar-refractivity contribution is 9.09. The number of hydrogen-bond acceptors (Lipinski definition) is 1. The van der Waals surface area contributed by atoms with Crippen molar-refractivity contribution in [2.45, 2.75) is 17.2 Å². The summed E-state index contributed by atoms with van der Waals surface area (Å²) in [6.07, 6.45) is -10.8. The zero-order chi connectivity index (χ0) is 13.4. The predicted octanol–water partition coefficient (Wildman–Crippen LogP) is 5.58. The van der Waals surface area contributed by atoms with E-state index < -0.39 is 23.1 Å². The molecule has 0 aliphatic heterocycles. The molecule has 9 heteroatoms. The van der Waals surface area contributed by atoms with Gasteiger partial charge in [0, 0.05) is 4.88 Å². The lowest BCUT2D eigenvalue weighted by atomic mass is 10.0. The van der Waals surface area contributed by atoms with Crippen LogP contribution < -0.4 is 0 Å². The Kier molecular flexibility index (Phi) is 4.42. The van der Waals surface area contributed by atoms with E-state index in [0.717, 1.165) is 11.3 Å². The van der Waals surface area contributed by atoms with Crippen molar-refractivity contribution in [2.24, 2.45) is 5.92 Å². The topological polar surface area (TPSA) is 0 Å². The van der Waals surface area contributed by atoms with Crippen LogP contribution in [0, 0.1) is 5.92 Å². The van der Waals surface area contributed by atoms with Crippen LogP contribution in [0.3, 0.4) is 0 Å². The molecule has 0 aliphatic carbocycles. The molecule has 0 aromatic carbocycles. The average molecular weight is 362 g/mol. The van der Waals surface area contributed by atoms with Crippen LogP contribution in [0.1, 0.15) is 9.70 Å². The van der Waals surface area contributed by atoms with Crippen molar-refractivity contribution in [1.29, 1.82) is 0 Å². The highest BCUT2D eigenvalue weighted by Crippen LogP contribution is 2.52. The first-order valence-electron chi connectivity index (χ1n) is 4.05. The second-order valence-corrected chi connectivity index (χ2v) is 5.44. The molecule has 0 fully saturated rings. The summed E-state index contributed by atoms with van der Waals surface area (Å²) >= 11 is 8.70. The van der Waals surface area contributed by atoms with E-state index >= 15 is 0 Å². The van der Waals surface area contributed by atoms with E-state index in [2.05, 4.69) is 15.9 Å². The molecule has 98 valence electrons. The lowest BCUT2D eigenvalue weighted by molar-refractivity contribution is -0.283. The fraction of sp³-hybridized carbons (Fsp3) is 0.500. The molecule has 1 aromatic rings.